The zero-order chi connectivity index (χ0) is 20.1. The number of amides is 1. The number of hydrogen-bond acceptors (Lipinski definition) is 3. The minimum Gasteiger partial charge on any atom is -0.337 e. The van der Waals surface area contributed by atoms with Gasteiger partial charge in [-0.05, 0) is 35.4 Å². The number of nitrogens with zero attached hydrogens (tertiary/aromatic N) is 2. The van der Waals surface area contributed by atoms with Crippen molar-refractivity contribution in [3.05, 3.63) is 75.8 Å². The normalized spacial score (nSPS) is 15.9. The Labute approximate surface area is 175 Å². The molecule has 0 spiro atoms. The lowest BCUT2D eigenvalue weighted by Gasteiger charge is -2.33. The Kier molecular flexibility index (Phi) is 6.78. The molecule has 1 aliphatic heterocycles. The molecule has 0 bridgehead atoms. The summed E-state index contributed by atoms with van der Waals surface area (Å²) >= 11 is 12.0. The maximum Gasteiger partial charge on any atom is 0.246 e. The number of halogens is 2. The van der Waals surface area contributed by atoms with E-state index in [9.17, 15) is 13.2 Å². The molecule has 1 heterocycles. The van der Waals surface area contributed by atoms with Gasteiger partial charge in [-0.2, -0.15) is 4.31 Å². The van der Waals surface area contributed by atoms with Gasteiger partial charge in [-0.25, -0.2) is 8.42 Å². The molecule has 1 saturated heterocycles. The van der Waals surface area contributed by atoms with Gasteiger partial charge in [0.15, 0.2) is 0 Å². The molecule has 0 aromatic heterocycles. The first-order valence-electron chi connectivity index (χ1n) is 8.79. The highest BCUT2D eigenvalue weighted by atomic mass is 35.5. The van der Waals surface area contributed by atoms with Gasteiger partial charge in [-0.3, -0.25) is 4.79 Å². The van der Waals surface area contributed by atoms with Crippen molar-refractivity contribution in [1.82, 2.24) is 9.21 Å². The largest absolute Gasteiger partial charge is 0.337 e. The molecule has 0 aliphatic carbocycles. The Balaban J connectivity index is 1.58. The molecule has 0 saturated carbocycles. The summed E-state index contributed by atoms with van der Waals surface area (Å²) in [5.41, 5.74) is 1.41. The summed E-state index contributed by atoms with van der Waals surface area (Å²) in [5.74, 6) is -0.217. The Bertz CT molecular complexity index is 970. The van der Waals surface area contributed by atoms with Crippen LogP contribution in [0.1, 0.15) is 11.1 Å². The van der Waals surface area contributed by atoms with Crippen LogP contribution in [-0.2, 0) is 20.6 Å². The molecular formula is C20H20Cl2N2O3S. The van der Waals surface area contributed by atoms with Crippen LogP contribution in [0.25, 0.3) is 6.08 Å². The second-order valence-electron chi connectivity index (χ2n) is 6.47. The molecule has 28 heavy (non-hydrogen) atoms. The number of benzene rings is 2. The van der Waals surface area contributed by atoms with E-state index in [0.717, 1.165) is 5.56 Å². The van der Waals surface area contributed by atoms with Crippen LogP contribution in [-0.4, -0.2) is 49.7 Å². The SMILES string of the molecule is O=C(C=Cc1cc(Cl)ccc1Cl)N1CCN(S(=O)(=O)Cc2ccccc2)CC1. The molecule has 8 heteroatoms. The molecule has 1 amide bonds. The Hall–Kier alpha value is -1.86. The molecule has 5 nitrogen and oxygen atoms in total. The van der Waals surface area contributed by atoms with Gasteiger partial charge >= 0.3 is 0 Å². The number of rotatable bonds is 5. The van der Waals surface area contributed by atoms with Gasteiger partial charge in [0.2, 0.25) is 15.9 Å². The van der Waals surface area contributed by atoms with E-state index in [4.69, 9.17) is 23.2 Å². The van der Waals surface area contributed by atoms with Crippen molar-refractivity contribution in [2.24, 2.45) is 0 Å². The highest BCUT2D eigenvalue weighted by molar-refractivity contribution is 7.88. The Morgan fingerprint density at radius 1 is 1.00 bits per heavy atom. The molecule has 0 radical (unpaired) electrons. The monoisotopic (exact) mass is 438 g/mol. The van der Waals surface area contributed by atoms with Crippen molar-refractivity contribution in [3.63, 3.8) is 0 Å². The van der Waals surface area contributed by atoms with Crippen LogP contribution in [0, 0.1) is 0 Å². The first-order chi connectivity index (χ1) is 13.3. The second kappa shape index (κ2) is 9.09. The van der Waals surface area contributed by atoms with Gasteiger partial charge in [-0.15, -0.1) is 0 Å². The zero-order valence-corrected chi connectivity index (χ0v) is 17.4. The molecule has 2 aromatic rings. The third-order valence-electron chi connectivity index (χ3n) is 4.50. The Morgan fingerprint density at radius 2 is 1.68 bits per heavy atom. The standard InChI is InChI=1S/C20H20Cl2N2O3S/c21-18-7-8-19(22)17(14-18)6-9-20(25)23-10-12-24(13-11-23)28(26,27)15-16-4-2-1-3-5-16/h1-9,14H,10-13,15H2. The van der Waals surface area contributed by atoms with E-state index in [1.165, 1.54) is 10.4 Å². The maximum absolute atomic E-state index is 12.6. The van der Waals surface area contributed by atoms with Crippen molar-refractivity contribution in [2.75, 3.05) is 26.2 Å². The molecule has 1 aliphatic rings. The minimum atomic E-state index is -3.41. The summed E-state index contributed by atoms with van der Waals surface area (Å²) in [4.78, 5) is 14.0. The van der Waals surface area contributed by atoms with Crippen LogP contribution in [0.2, 0.25) is 10.0 Å². The fourth-order valence-electron chi connectivity index (χ4n) is 2.97. The van der Waals surface area contributed by atoms with Crippen LogP contribution in [0.3, 0.4) is 0 Å². The van der Waals surface area contributed by atoms with Crippen molar-refractivity contribution in [3.8, 4) is 0 Å². The molecule has 3 rings (SSSR count). The first-order valence-corrected chi connectivity index (χ1v) is 11.2. The van der Waals surface area contributed by atoms with Gasteiger partial charge in [0.25, 0.3) is 0 Å². The van der Waals surface area contributed by atoms with Gasteiger partial charge in [0, 0.05) is 42.3 Å². The third-order valence-corrected chi connectivity index (χ3v) is 6.93. The van der Waals surface area contributed by atoms with Crippen LogP contribution in [0.4, 0.5) is 0 Å². The number of hydrogen-bond donors (Lipinski definition) is 0. The molecule has 1 fully saturated rings. The fourth-order valence-corrected chi connectivity index (χ4v) is 4.85. The van der Waals surface area contributed by atoms with E-state index < -0.39 is 10.0 Å². The summed E-state index contributed by atoms with van der Waals surface area (Å²) in [6.45, 7) is 1.26. The van der Waals surface area contributed by atoms with Gasteiger partial charge in [0.1, 0.15) is 0 Å². The van der Waals surface area contributed by atoms with Gasteiger partial charge in [0.05, 0.1) is 5.75 Å². The number of carbonyl (C=O) groups is 1. The molecule has 0 atom stereocenters. The van der Waals surface area contributed by atoms with Crippen LogP contribution >= 0.6 is 23.2 Å². The predicted molar refractivity (Wildman–Crippen MR) is 113 cm³/mol. The predicted octanol–water partition coefficient (Wildman–Crippen LogP) is 3.68. The quantitative estimate of drug-likeness (QED) is 0.668. The van der Waals surface area contributed by atoms with Crippen LogP contribution in [0.15, 0.2) is 54.6 Å². The molecule has 2 aromatic carbocycles. The van der Waals surface area contributed by atoms with Crippen molar-refractivity contribution >= 4 is 45.2 Å². The van der Waals surface area contributed by atoms with Crippen molar-refractivity contribution in [1.29, 1.82) is 0 Å². The van der Waals surface area contributed by atoms with E-state index in [-0.39, 0.29) is 24.7 Å². The molecule has 0 N–H and O–H groups in total. The minimum absolute atomic E-state index is 0.0328. The lowest BCUT2D eigenvalue weighted by molar-refractivity contribution is -0.127. The zero-order valence-electron chi connectivity index (χ0n) is 15.1. The second-order valence-corrected chi connectivity index (χ2v) is 9.28. The summed E-state index contributed by atoms with van der Waals surface area (Å²) < 4.78 is 26.6. The van der Waals surface area contributed by atoms with Gasteiger partial charge < -0.3 is 4.90 Å². The fraction of sp³-hybridized carbons (Fsp3) is 0.250. The van der Waals surface area contributed by atoms with Crippen molar-refractivity contribution in [2.45, 2.75) is 5.75 Å². The van der Waals surface area contributed by atoms with Crippen LogP contribution < -0.4 is 0 Å². The number of sulfonamides is 1. The smallest absolute Gasteiger partial charge is 0.246 e. The maximum atomic E-state index is 12.6. The lowest BCUT2D eigenvalue weighted by atomic mass is 10.2. The number of piperazine rings is 1. The van der Waals surface area contributed by atoms with Crippen LogP contribution in [0.5, 0.6) is 0 Å². The average Bonchev–Trinajstić information content (AvgIpc) is 2.69. The van der Waals surface area contributed by atoms with E-state index in [1.807, 2.05) is 18.2 Å². The van der Waals surface area contributed by atoms with E-state index in [0.29, 0.717) is 28.7 Å². The summed E-state index contributed by atoms with van der Waals surface area (Å²) in [7, 11) is -3.41. The number of carbonyl (C=O) groups excluding carboxylic acids is 1. The topological polar surface area (TPSA) is 57.7 Å². The van der Waals surface area contributed by atoms with Crippen molar-refractivity contribution < 1.29 is 13.2 Å². The molecule has 0 unspecified atom stereocenters. The summed E-state index contributed by atoms with van der Waals surface area (Å²) in [6, 6.07) is 14.1. The summed E-state index contributed by atoms with van der Waals surface area (Å²) in [5, 5.41) is 1.04. The highest BCUT2D eigenvalue weighted by Gasteiger charge is 2.28. The highest BCUT2D eigenvalue weighted by Crippen LogP contribution is 2.22. The first kappa shape index (κ1) is 20.9. The van der Waals surface area contributed by atoms with E-state index in [2.05, 4.69) is 0 Å². The molecular weight excluding hydrogens is 419 g/mol. The average molecular weight is 439 g/mol. The lowest BCUT2D eigenvalue weighted by Crippen LogP contribution is -2.50. The molecule has 148 valence electrons. The summed E-state index contributed by atoms with van der Waals surface area (Å²) in [6.07, 6.45) is 3.06. The van der Waals surface area contributed by atoms with E-state index >= 15 is 0 Å². The van der Waals surface area contributed by atoms with E-state index in [1.54, 1.807) is 41.3 Å². The Morgan fingerprint density at radius 3 is 2.36 bits per heavy atom. The van der Waals surface area contributed by atoms with Gasteiger partial charge in [-0.1, -0.05) is 53.5 Å². The third kappa shape index (κ3) is 5.35.